The fourth-order valence-electron chi connectivity index (χ4n) is 1.01. The minimum Gasteiger partial charge on any atom is -0.329 e. The zero-order chi connectivity index (χ0) is 8.48. The van der Waals surface area contributed by atoms with Gasteiger partial charge in [-0.3, -0.25) is 4.79 Å². The molecule has 0 saturated carbocycles. The van der Waals surface area contributed by atoms with E-state index in [1.165, 1.54) is 0 Å². The molecule has 0 fully saturated rings. The van der Waals surface area contributed by atoms with Crippen molar-refractivity contribution in [1.82, 2.24) is 4.98 Å². The Labute approximate surface area is 67.3 Å². The van der Waals surface area contributed by atoms with Gasteiger partial charge in [-0.15, -0.1) is 0 Å². The quantitative estimate of drug-likeness (QED) is 0.620. The summed E-state index contributed by atoms with van der Waals surface area (Å²) >= 11 is 0. The summed E-state index contributed by atoms with van der Waals surface area (Å²) in [6.07, 6.45) is 1.67. The summed E-state index contributed by atoms with van der Waals surface area (Å²) in [7, 11) is -1.42. The lowest BCUT2D eigenvalue weighted by atomic mass is 10.5. The molecule has 0 aliphatic heterocycles. The van der Waals surface area contributed by atoms with Crippen LogP contribution in [-0.4, -0.2) is 13.1 Å². The van der Waals surface area contributed by atoms with Crippen LogP contribution in [0.5, 0.6) is 0 Å². The molecular weight excluding hydrogens is 154 g/mol. The number of pyridine rings is 1. The third kappa shape index (κ3) is 1.80. The van der Waals surface area contributed by atoms with Crippen molar-refractivity contribution in [2.45, 2.75) is 19.6 Å². The van der Waals surface area contributed by atoms with Crippen LogP contribution >= 0.6 is 0 Å². The van der Waals surface area contributed by atoms with Gasteiger partial charge in [0.15, 0.2) is 0 Å². The van der Waals surface area contributed by atoms with Crippen LogP contribution in [0.4, 0.5) is 0 Å². The number of H-pyrrole nitrogens is 1. The number of hydrogen-bond donors (Lipinski definition) is 1. The van der Waals surface area contributed by atoms with Crippen molar-refractivity contribution < 1.29 is 0 Å². The van der Waals surface area contributed by atoms with Crippen molar-refractivity contribution in [3.63, 3.8) is 0 Å². The molecule has 1 N–H and O–H groups in total. The van der Waals surface area contributed by atoms with Crippen molar-refractivity contribution in [3.8, 4) is 0 Å². The standard InChI is InChI=1S/C8H13NOSi/c1-11(2,3)7-5-4-6-9-8(7)10/h4-6H,1-3H3,(H,9,10). The van der Waals surface area contributed by atoms with Crippen LogP contribution in [-0.2, 0) is 0 Å². The molecule has 1 aromatic heterocycles. The largest absolute Gasteiger partial charge is 0.329 e. The Hall–Kier alpha value is -0.833. The fourth-order valence-corrected chi connectivity index (χ4v) is 2.36. The Kier molecular flexibility index (Phi) is 2.00. The van der Waals surface area contributed by atoms with Crippen LogP contribution in [0.1, 0.15) is 0 Å². The van der Waals surface area contributed by atoms with E-state index in [0.717, 1.165) is 5.19 Å². The van der Waals surface area contributed by atoms with Crippen LogP contribution in [0.3, 0.4) is 0 Å². The Bertz CT molecular complexity index is 297. The van der Waals surface area contributed by atoms with E-state index in [-0.39, 0.29) is 5.56 Å². The highest BCUT2D eigenvalue weighted by atomic mass is 28.3. The van der Waals surface area contributed by atoms with E-state index in [0.29, 0.717) is 0 Å². The molecule has 60 valence electrons. The Balaban J connectivity index is 3.26. The van der Waals surface area contributed by atoms with Crippen molar-refractivity contribution in [2.75, 3.05) is 0 Å². The summed E-state index contributed by atoms with van der Waals surface area (Å²) in [6.45, 7) is 6.49. The molecule has 11 heavy (non-hydrogen) atoms. The maximum atomic E-state index is 11.2. The van der Waals surface area contributed by atoms with E-state index >= 15 is 0 Å². The van der Waals surface area contributed by atoms with Gasteiger partial charge in [-0.05, 0) is 6.07 Å². The molecule has 0 bridgehead atoms. The Morgan fingerprint density at radius 3 is 2.36 bits per heavy atom. The maximum absolute atomic E-state index is 11.2. The lowest BCUT2D eigenvalue weighted by molar-refractivity contribution is 1.26. The van der Waals surface area contributed by atoms with Gasteiger partial charge in [-0.1, -0.05) is 25.7 Å². The number of rotatable bonds is 1. The van der Waals surface area contributed by atoms with E-state index in [9.17, 15) is 4.79 Å². The number of hydrogen-bond acceptors (Lipinski definition) is 1. The van der Waals surface area contributed by atoms with E-state index in [1.807, 2.05) is 12.1 Å². The van der Waals surface area contributed by atoms with Gasteiger partial charge < -0.3 is 4.98 Å². The molecule has 1 heterocycles. The molecule has 0 spiro atoms. The first-order valence-electron chi connectivity index (χ1n) is 3.70. The zero-order valence-corrected chi connectivity index (χ0v) is 8.14. The molecule has 2 nitrogen and oxygen atoms in total. The highest BCUT2D eigenvalue weighted by Gasteiger charge is 2.18. The maximum Gasteiger partial charge on any atom is 0.247 e. The molecule has 0 aliphatic rings. The van der Waals surface area contributed by atoms with Crippen LogP contribution in [0.2, 0.25) is 19.6 Å². The van der Waals surface area contributed by atoms with E-state index < -0.39 is 8.07 Å². The molecule has 0 amide bonds. The summed E-state index contributed by atoms with van der Waals surface area (Å²) in [6, 6.07) is 3.81. The highest BCUT2D eigenvalue weighted by molar-refractivity contribution is 6.88. The van der Waals surface area contributed by atoms with Gasteiger partial charge in [0.25, 0.3) is 0 Å². The predicted octanol–water partition coefficient (Wildman–Crippen LogP) is 0.920. The molecule has 0 aliphatic carbocycles. The molecular formula is C8H13NOSi. The first kappa shape index (κ1) is 8.27. The monoisotopic (exact) mass is 167 g/mol. The summed E-state index contributed by atoms with van der Waals surface area (Å²) in [4.78, 5) is 13.9. The summed E-state index contributed by atoms with van der Waals surface area (Å²) < 4.78 is 0. The lowest BCUT2D eigenvalue weighted by Crippen LogP contribution is -2.47. The average Bonchev–Trinajstić information content (AvgIpc) is 1.86. The van der Waals surface area contributed by atoms with E-state index in [2.05, 4.69) is 24.6 Å². The second kappa shape index (κ2) is 2.66. The Morgan fingerprint density at radius 2 is 2.00 bits per heavy atom. The first-order valence-corrected chi connectivity index (χ1v) is 7.20. The normalized spacial score (nSPS) is 11.5. The van der Waals surface area contributed by atoms with Gasteiger partial charge in [0.05, 0.1) is 8.07 Å². The number of nitrogens with one attached hydrogen (secondary N) is 1. The molecule has 0 atom stereocenters. The summed E-state index contributed by atoms with van der Waals surface area (Å²) in [5.41, 5.74) is 0.0756. The van der Waals surface area contributed by atoms with E-state index in [4.69, 9.17) is 0 Å². The molecule has 0 aromatic carbocycles. The van der Waals surface area contributed by atoms with Gasteiger partial charge >= 0.3 is 0 Å². The van der Waals surface area contributed by atoms with Gasteiger partial charge in [0.2, 0.25) is 5.56 Å². The smallest absolute Gasteiger partial charge is 0.247 e. The van der Waals surface area contributed by atoms with Crippen molar-refractivity contribution in [2.24, 2.45) is 0 Å². The predicted molar refractivity (Wildman–Crippen MR) is 50.0 cm³/mol. The van der Waals surface area contributed by atoms with E-state index in [1.54, 1.807) is 6.20 Å². The van der Waals surface area contributed by atoms with Gasteiger partial charge in [0.1, 0.15) is 0 Å². The van der Waals surface area contributed by atoms with Crippen molar-refractivity contribution >= 4 is 13.3 Å². The molecule has 0 unspecified atom stereocenters. The molecule has 0 radical (unpaired) electrons. The first-order chi connectivity index (χ1) is 5.02. The number of aromatic nitrogens is 1. The minimum atomic E-state index is -1.42. The minimum absolute atomic E-state index is 0.0756. The average molecular weight is 167 g/mol. The van der Waals surface area contributed by atoms with Gasteiger partial charge in [0, 0.05) is 11.4 Å². The number of aromatic amines is 1. The highest BCUT2D eigenvalue weighted by Crippen LogP contribution is 1.96. The van der Waals surface area contributed by atoms with Gasteiger partial charge in [-0.2, -0.15) is 0 Å². The lowest BCUT2D eigenvalue weighted by Gasteiger charge is -2.13. The second-order valence-electron chi connectivity index (χ2n) is 3.66. The van der Waals surface area contributed by atoms with Crippen LogP contribution < -0.4 is 10.7 Å². The molecule has 0 saturated heterocycles. The van der Waals surface area contributed by atoms with Crippen LogP contribution in [0.15, 0.2) is 23.1 Å². The van der Waals surface area contributed by atoms with Crippen molar-refractivity contribution in [1.29, 1.82) is 0 Å². The molecule has 3 heteroatoms. The summed E-state index contributed by atoms with van der Waals surface area (Å²) in [5, 5.41) is 0.972. The third-order valence-electron chi connectivity index (χ3n) is 1.63. The SMILES string of the molecule is C[Si](C)(C)c1ccc[nH]c1=O. The van der Waals surface area contributed by atoms with Gasteiger partial charge in [-0.25, -0.2) is 0 Å². The Morgan fingerprint density at radius 1 is 1.36 bits per heavy atom. The second-order valence-corrected chi connectivity index (χ2v) is 8.70. The molecule has 1 rings (SSSR count). The van der Waals surface area contributed by atoms with Crippen molar-refractivity contribution in [3.05, 3.63) is 28.7 Å². The zero-order valence-electron chi connectivity index (χ0n) is 7.14. The summed E-state index contributed by atoms with van der Waals surface area (Å²) in [5.74, 6) is 0. The topological polar surface area (TPSA) is 32.9 Å². The third-order valence-corrected chi connectivity index (χ3v) is 3.64. The molecule has 1 aromatic rings. The fraction of sp³-hybridized carbons (Fsp3) is 0.375. The van der Waals surface area contributed by atoms with Crippen LogP contribution in [0.25, 0.3) is 0 Å². The van der Waals surface area contributed by atoms with Crippen LogP contribution in [0, 0.1) is 0 Å².